The van der Waals surface area contributed by atoms with E-state index in [1.807, 2.05) is 19.3 Å². The van der Waals surface area contributed by atoms with Gasteiger partial charge in [0.25, 0.3) is 0 Å². The molecule has 0 spiro atoms. The number of hydrogen-bond acceptors (Lipinski definition) is 4. The van der Waals surface area contributed by atoms with Crippen LogP contribution >= 0.6 is 0 Å². The number of pyridine rings is 1. The summed E-state index contributed by atoms with van der Waals surface area (Å²) in [6.07, 6.45) is 5.72. The molecule has 3 N–H and O–H groups in total. The maximum atomic E-state index is 13.7. The van der Waals surface area contributed by atoms with Crippen molar-refractivity contribution in [3.8, 4) is 0 Å². The minimum atomic E-state index is -0.971. The van der Waals surface area contributed by atoms with Crippen LogP contribution in [0.1, 0.15) is 17.0 Å². The van der Waals surface area contributed by atoms with Crippen molar-refractivity contribution >= 4 is 33.8 Å². The number of amides is 2. The molecule has 1 atom stereocenters. The molecule has 4 heterocycles. The fourth-order valence-corrected chi connectivity index (χ4v) is 4.59. The zero-order chi connectivity index (χ0) is 23.7. The van der Waals surface area contributed by atoms with Crippen molar-refractivity contribution in [2.45, 2.75) is 12.3 Å². The highest BCUT2D eigenvalue weighted by atomic mass is 19.1. The highest BCUT2D eigenvalue weighted by molar-refractivity contribution is 6.08. The number of halogens is 1. The molecule has 34 heavy (non-hydrogen) atoms. The third kappa shape index (κ3) is 4.26. The first-order chi connectivity index (χ1) is 16.5. The highest BCUT2D eigenvalue weighted by Gasteiger charge is 2.35. The maximum absolute atomic E-state index is 13.7. The molecule has 3 aromatic heterocycles. The Morgan fingerprint density at radius 2 is 1.94 bits per heavy atom. The normalized spacial score (nSPS) is 15.6. The van der Waals surface area contributed by atoms with Gasteiger partial charge in [0.2, 0.25) is 11.8 Å². The van der Waals surface area contributed by atoms with Crippen molar-refractivity contribution in [3.63, 3.8) is 0 Å². The molecule has 1 aromatic carbocycles. The summed E-state index contributed by atoms with van der Waals surface area (Å²) >= 11 is 0. The summed E-state index contributed by atoms with van der Waals surface area (Å²) in [5, 5.41) is 4.50. The molecule has 8 nitrogen and oxygen atoms in total. The Morgan fingerprint density at radius 1 is 1.12 bits per heavy atom. The number of carbonyl (C=O) groups excluding carboxylic acids is 2. The molecular weight excluding hydrogens is 435 g/mol. The molecule has 0 radical (unpaired) electrons. The van der Waals surface area contributed by atoms with Gasteiger partial charge in [0.05, 0.1) is 0 Å². The Labute approximate surface area is 196 Å². The molecule has 176 valence electrons. The number of piperazine rings is 1. The molecule has 1 saturated heterocycles. The van der Waals surface area contributed by atoms with Crippen LogP contribution in [0.15, 0.2) is 48.9 Å². The Balaban J connectivity index is 1.36. The van der Waals surface area contributed by atoms with Crippen LogP contribution in [0.2, 0.25) is 0 Å². The number of H-pyrrole nitrogens is 2. The number of aromatic nitrogens is 3. The molecule has 2 amide bonds. The summed E-state index contributed by atoms with van der Waals surface area (Å²) < 4.78 is 13.7. The molecule has 9 heteroatoms. The minimum absolute atomic E-state index is 0.204. The fourth-order valence-electron chi connectivity index (χ4n) is 4.59. The summed E-state index contributed by atoms with van der Waals surface area (Å²) in [5.41, 5.74) is 3.02. The summed E-state index contributed by atoms with van der Waals surface area (Å²) in [6, 6.07) is 8.26. The van der Waals surface area contributed by atoms with Gasteiger partial charge in [-0.3, -0.25) is 9.59 Å². The largest absolute Gasteiger partial charge is 0.361 e. The van der Waals surface area contributed by atoms with Gasteiger partial charge in [-0.1, -0.05) is 0 Å². The van der Waals surface area contributed by atoms with Gasteiger partial charge in [-0.15, -0.1) is 0 Å². The van der Waals surface area contributed by atoms with Gasteiger partial charge < -0.3 is 25.1 Å². The number of hydrogen-bond donors (Lipinski definition) is 3. The van der Waals surface area contributed by atoms with E-state index in [2.05, 4.69) is 25.2 Å². The molecule has 1 aliphatic rings. The average Bonchev–Trinajstić information content (AvgIpc) is 3.44. The molecule has 1 unspecified atom stereocenters. The molecule has 0 bridgehead atoms. The van der Waals surface area contributed by atoms with Crippen molar-refractivity contribution in [1.29, 1.82) is 0 Å². The number of carbonyl (C=O) groups is 2. The number of fused-ring (bicyclic) bond motifs is 2. The number of nitrogens with one attached hydrogen (secondary N) is 3. The molecule has 0 aliphatic carbocycles. The zero-order valence-electron chi connectivity index (χ0n) is 19.0. The number of nitrogens with zero attached hydrogens (tertiary/aromatic N) is 3. The zero-order valence-corrected chi connectivity index (χ0v) is 19.0. The first-order valence-corrected chi connectivity index (χ1v) is 11.4. The van der Waals surface area contributed by atoms with Crippen molar-refractivity contribution in [1.82, 2.24) is 30.1 Å². The van der Waals surface area contributed by atoms with Gasteiger partial charge in [0.1, 0.15) is 17.4 Å². The lowest BCUT2D eigenvalue weighted by molar-refractivity contribution is -0.139. The number of benzene rings is 1. The third-order valence-electron chi connectivity index (χ3n) is 6.54. The smallest absolute Gasteiger partial charge is 0.239 e. The fraction of sp³-hybridized carbons (Fsp3) is 0.320. The van der Waals surface area contributed by atoms with Crippen LogP contribution in [0.25, 0.3) is 21.9 Å². The van der Waals surface area contributed by atoms with E-state index in [0.29, 0.717) is 37.3 Å². The van der Waals surface area contributed by atoms with Crippen LogP contribution in [0.3, 0.4) is 0 Å². The van der Waals surface area contributed by atoms with E-state index in [9.17, 15) is 14.0 Å². The first-order valence-electron chi connectivity index (χ1n) is 11.4. The second-order valence-electron chi connectivity index (χ2n) is 8.75. The quantitative estimate of drug-likeness (QED) is 0.384. The monoisotopic (exact) mass is 462 g/mol. The Morgan fingerprint density at radius 3 is 2.76 bits per heavy atom. The van der Waals surface area contributed by atoms with Crippen molar-refractivity contribution < 1.29 is 14.0 Å². The van der Waals surface area contributed by atoms with Crippen LogP contribution in [-0.2, 0) is 16.0 Å². The van der Waals surface area contributed by atoms with Gasteiger partial charge in [-0.2, -0.15) is 0 Å². The predicted molar refractivity (Wildman–Crippen MR) is 128 cm³/mol. The number of rotatable bonds is 6. The lowest BCUT2D eigenvalue weighted by atomic mass is 9.96. The first kappa shape index (κ1) is 22.1. The van der Waals surface area contributed by atoms with Crippen molar-refractivity contribution in [2.24, 2.45) is 0 Å². The van der Waals surface area contributed by atoms with Gasteiger partial charge in [-0.25, -0.2) is 9.37 Å². The minimum Gasteiger partial charge on any atom is -0.361 e. The van der Waals surface area contributed by atoms with E-state index in [1.54, 1.807) is 29.4 Å². The third-order valence-corrected chi connectivity index (χ3v) is 6.54. The Bertz CT molecular complexity index is 1340. The van der Waals surface area contributed by atoms with Crippen LogP contribution in [-0.4, -0.2) is 76.3 Å². The summed E-state index contributed by atoms with van der Waals surface area (Å²) in [5.74, 6) is -1.82. The summed E-state index contributed by atoms with van der Waals surface area (Å²) in [7, 11) is 2.02. The lowest BCUT2D eigenvalue weighted by Crippen LogP contribution is -2.50. The van der Waals surface area contributed by atoms with Gasteiger partial charge in [0, 0.05) is 73.2 Å². The molecule has 1 fully saturated rings. The number of aromatic amines is 2. The van der Waals surface area contributed by atoms with E-state index < -0.39 is 5.92 Å². The second kappa shape index (κ2) is 9.26. The topological polar surface area (TPSA) is 97.1 Å². The molecule has 1 aliphatic heterocycles. The van der Waals surface area contributed by atoms with E-state index in [0.717, 1.165) is 34.9 Å². The Hall–Kier alpha value is -3.72. The SMILES string of the molecule is CN1CCN(C(=O)C(C(=O)NCCc2c[nH]c3ccc(F)cc23)c2c[nH]c3ncccc23)CC1. The Kier molecular flexibility index (Phi) is 6.02. The van der Waals surface area contributed by atoms with Crippen molar-refractivity contribution in [3.05, 3.63) is 65.9 Å². The van der Waals surface area contributed by atoms with Crippen LogP contribution < -0.4 is 5.32 Å². The number of likely N-dealkylation sites (N-methyl/N-ethyl adjacent to an activating group) is 1. The maximum Gasteiger partial charge on any atom is 0.239 e. The average molecular weight is 463 g/mol. The standard InChI is InChI=1S/C25H27FN6O2/c1-31-9-11-32(12-10-31)25(34)22(20-15-30-23-18(20)3-2-7-27-23)24(33)28-8-6-16-14-29-21-5-4-17(26)13-19(16)21/h2-5,7,13-15,22,29H,6,8-12H2,1H3,(H,27,30)(H,28,33). The predicted octanol–water partition coefficient (Wildman–Crippen LogP) is 2.40. The van der Waals surface area contributed by atoms with Crippen molar-refractivity contribution in [2.75, 3.05) is 39.8 Å². The van der Waals surface area contributed by atoms with E-state index >= 15 is 0 Å². The van der Waals surface area contributed by atoms with Crippen LogP contribution in [0.5, 0.6) is 0 Å². The lowest BCUT2D eigenvalue weighted by Gasteiger charge is -2.34. The second-order valence-corrected chi connectivity index (χ2v) is 8.75. The van der Waals surface area contributed by atoms with E-state index in [-0.39, 0.29) is 17.6 Å². The highest BCUT2D eigenvalue weighted by Crippen LogP contribution is 2.27. The molecule has 0 saturated carbocycles. The van der Waals surface area contributed by atoms with Crippen LogP contribution in [0, 0.1) is 5.82 Å². The summed E-state index contributed by atoms with van der Waals surface area (Å²) in [4.78, 5) is 41.4. The van der Waals surface area contributed by atoms with E-state index in [4.69, 9.17) is 0 Å². The summed E-state index contributed by atoms with van der Waals surface area (Å²) in [6.45, 7) is 3.04. The van der Waals surface area contributed by atoms with E-state index in [1.165, 1.54) is 12.1 Å². The van der Waals surface area contributed by atoms with Crippen LogP contribution in [0.4, 0.5) is 4.39 Å². The molecule has 4 aromatic rings. The van der Waals surface area contributed by atoms with Gasteiger partial charge >= 0.3 is 0 Å². The van der Waals surface area contributed by atoms with Gasteiger partial charge in [0.15, 0.2) is 0 Å². The molecular formula is C25H27FN6O2. The molecule has 5 rings (SSSR count). The van der Waals surface area contributed by atoms with Gasteiger partial charge in [-0.05, 0) is 49.4 Å².